The average molecular weight is 356 g/mol. The van der Waals surface area contributed by atoms with E-state index in [9.17, 15) is 4.79 Å². The molecule has 2 aromatic rings. The SMILES string of the molecule is CN(C)CCCNC(=O)c1sc2cc(Br)ccc2c1N. The number of nitrogens with zero attached hydrogens (tertiary/aromatic N) is 1. The quantitative estimate of drug-likeness (QED) is 0.810. The van der Waals surface area contributed by atoms with Crippen molar-refractivity contribution >= 4 is 48.9 Å². The molecule has 0 fully saturated rings. The largest absolute Gasteiger partial charge is 0.397 e. The van der Waals surface area contributed by atoms with Crippen LogP contribution in [-0.2, 0) is 0 Å². The van der Waals surface area contributed by atoms with Gasteiger partial charge in [-0.15, -0.1) is 11.3 Å². The van der Waals surface area contributed by atoms with Crippen molar-refractivity contribution in [3.63, 3.8) is 0 Å². The summed E-state index contributed by atoms with van der Waals surface area (Å²) in [7, 11) is 4.04. The van der Waals surface area contributed by atoms with Crippen molar-refractivity contribution in [2.45, 2.75) is 6.42 Å². The van der Waals surface area contributed by atoms with Gasteiger partial charge in [0, 0.05) is 21.1 Å². The molecule has 0 unspecified atom stereocenters. The number of hydrogen-bond acceptors (Lipinski definition) is 4. The van der Waals surface area contributed by atoms with Crippen LogP contribution >= 0.6 is 27.3 Å². The second-order valence-corrected chi connectivity index (χ2v) is 6.87. The first-order valence-electron chi connectivity index (χ1n) is 6.39. The fourth-order valence-electron chi connectivity index (χ4n) is 1.94. The number of nitrogens with one attached hydrogen (secondary N) is 1. The van der Waals surface area contributed by atoms with Crippen molar-refractivity contribution < 1.29 is 4.79 Å². The fraction of sp³-hybridized carbons (Fsp3) is 0.357. The van der Waals surface area contributed by atoms with E-state index in [1.165, 1.54) is 11.3 Å². The van der Waals surface area contributed by atoms with Gasteiger partial charge in [-0.25, -0.2) is 0 Å². The standard InChI is InChI=1S/C14H18BrN3OS/c1-18(2)7-3-6-17-14(19)13-12(16)10-5-4-9(15)8-11(10)20-13/h4-5,8H,3,6-7,16H2,1-2H3,(H,17,19). The molecule has 1 amide bonds. The van der Waals surface area contributed by atoms with Gasteiger partial charge in [0.15, 0.2) is 0 Å². The summed E-state index contributed by atoms with van der Waals surface area (Å²) in [6.07, 6.45) is 0.926. The molecule has 1 aromatic carbocycles. The normalized spacial score (nSPS) is 11.2. The van der Waals surface area contributed by atoms with Crippen molar-refractivity contribution in [1.29, 1.82) is 0 Å². The van der Waals surface area contributed by atoms with Gasteiger partial charge in [-0.2, -0.15) is 0 Å². The molecule has 1 aromatic heterocycles. The Bertz CT molecular complexity index is 624. The molecule has 0 aliphatic rings. The summed E-state index contributed by atoms with van der Waals surface area (Å²) < 4.78 is 2.01. The number of halogens is 1. The van der Waals surface area contributed by atoms with E-state index in [1.54, 1.807) is 0 Å². The minimum atomic E-state index is -0.0846. The van der Waals surface area contributed by atoms with Gasteiger partial charge in [-0.3, -0.25) is 4.79 Å². The first-order chi connectivity index (χ1) is 9.49. The van der Waals surface area contributed by atoms with Crippen LogP contribution in [0.15, 0.2) is 22.7 Å². The Morgan fingerprint density at radius 1 is 1.45 bits per heavy atom. The van der Waals surface area contributed by atoms with E-state index in [0.29, 0.717) is 17.1 Å². The third-order valence-corrected chi connectivity index (χ3v) is 4.62. The number of hydrogen-bond donors (Lipinski definition) is 2. The van der Waals surface area contributed by atoms with E-state index in [1.807, 2.05) is 32.3 Å². The number of amides is 1. The van der Waals surface area contributed by atoms with E-state index >= 15 is 0 Å². The number of fused-ring (bicyclic) bond motifs is 1. The molecule has 0 spiro atoms. The van der Waals surface area contributed by atoms with Crippen LogP contribution in [0.5, 0.6) is 0 Å². The van der Waals surface area contributed by atoms with Crippen molar-refractivity contribution in [1.82, 2.24) is 10.2 Å². The highest BCUT2D eigenvalue weighted by atomic mass is 79.9. The maximum Gasteiger partial charge on any atom is 0.263 e. The molecule has 0 atom stereocenters. The van der Waals surface area contributed by atoms with Gasteiger partial charge < -0.3 is 16.0 Å². The van der Waals surface area contributed by atoms with Gasteiger partial charge in [0.25, 0.3) is 5.91 Å². The molecule has 0 aliphatic carbocycles. The number of carbonyl (C=O) groups excluding carboxylic acids is 1. The molecule has 20 heavy (non-hydrogen) atoms. The van der Waals surface area contributed by atoms with E-state index in [-0.39, 0.29) is 5.91 Å². The molecule has 6 heteroatoms. The summed E-state index contributed by atoms with van der Waals surface area (Å²) in [6.45, 7) is 1.61. The number of carbonyl (C=O) groups is 1. The van der Waals surface area contributed by atoms with E-state index in [4.69, 9.17) is 5.73 Å². The van der Waals surface area contributed by atoms with Crippen LogP contribution < -0.4 is 11.1 Å². The van der Waals surface area contributed by atoms with Gasteiger partial charge in [-0.1, -0.05) is 22.0 Å². The number of thiophene rings is 1. The lowest BCUT2D eigenvalue weighted by Crippen LogP contribution is -2.26. The molecular formula is C14H18BrN3OS. The molecule has 3 N–H and O–H groups in total. The number of benzene rings is 1. The molecule has 4 nitrogen and oxygen atoms in total. The van der Waals surface area contributed by atoms with Gasteiger partial charge in [0.05, 0.1) is 5.69 Å². The van der Waals surface area contributed by atoms with Gasteiger partial charge in [0.2, 0.25) is 0 Å². The molecule has 1 heterocycles. The third kappa shape index (κ3) is 3.50. The highest BCUT2D eigenvalue weighted by molar-refractivity contribution is 9.10. The maximum atomic E-state index is 12.2. The van der Waals surface area contributed by atoms with E-state index < -0.39 is 0 Å². The Kier molecular flexibility index (Phi) is 5.01. The van der Waals surface area contributed by atoms with E-state index in [2.05, 4.69) is 26.1 Å². The van der Waals surface area contributed by atoms with Gasteiger partial charge in [-0.05, 0) is 39.2 Å². The summed E-state index contributed by atoms with van der Waals surface area (Å²) in [5.74, 6) is -0.0846. The molecule has 0 bridgehead atoms. The van der Waals surface area contributed by atoms with Crippen LogP contribution in [0, 0.1) is 0 Å². The Labute approximate surface area is 131 Å². The Morgan fingerprint density at radius 3 is 2.90 bits per heavy atom. The minimum Gasteiger partial charge on any atom is -0.397 e. The van der Waals surface area contributed by atoms with Gasteiger partial charge in [0.1, 0.15) is 4.88 Å². The van der Waals surface area contributed by atoms with Crippen LogP contribution in [0.25, 0.3) is 10.1 Å². The zero-order valence-electron chi connectivity index (χ0n) is 11.6. The van der Waals surface area contributed by atoms with Crippen LogP contribution in [0.2, 0.25) is 0 Å². The highest BCUT2D eigenvalue weighted by Crippen LogP contribution is 2.35. The molecule has 2 rings (SSSR count). The zero-order chi connectivity index (χ0) is 14.7. The summed E-state index contributed by atoms with van der Waals surface area (Å²) in [6, 6.07) is 5.86. The average Bonchev–Trinajstić information content (AvgIpc) is 2.71. The van der Waals surface area contributed by atoms with Crippen LogP contribution in [0.1, 0.15) is 16.1 Å². The first kappa shape index (κ1) is 15.3. The summed E-state index contributed by atoms with van der Waals surface area (Å²) in [4.78, 5) is 14.9. The summed E-state index contributed by atoms with van der Waals surface area (Å²) in [5, 5.41) is 3.87. The van der Waals surface area contributed by atoms with Crippen LogP contribution in [0.4, 0.5) is 5.69 Å². The Hall–Kier alpha value is -1.11. The smallest absolute Gasteiger partial charge is 0.263 e. The van der Waals surface area contributed by atoms with Crippen molar-refractivity contribution in [2.75, 3.05) is 32.9 Å². The topological polar surface area (TPSA) is 58.4 Å². The van der Waals surface area contributed by atoms with Crippen molar-refractivity contribution in [3.8, 4) is 0 Å². The number of rotatable bonds is 5. The molecule has 0 saturated carbocycles. The van der Waals surface area contributed by atoms with Crippen molar-refractivity contribution in [3.05, 3.63) is 27.5 Å². The molecule has 0 aliphatic heterocycles. The van der Waals surface area contributed by atoms with Crippen molar-refractivity contribution in [2.24, 2.45) is 0 Å². The maximum absolute atomic E-state index is 12.2. The lowest BCUT2D eigenvalue weighted by atomic mass is 10.2. The molecule has 108 valence electrons. The van der Waals surface area contributed by atoms with Crippen LogP contribution in [0.3, 0.4) is 0 Å². The highest BCUT2D eigenvalue weighted by Gasteiger charge is 2.15. The minimum absolute atomic E-state index is 0.0846. The third-order valence-electron chi connectivity index (χ3n) is 2.96. The second-order valence-electron chi connectivity index (χ2n) is 4.90. The molecule has 0 saturated heterocycles. The van der Waals surface area contributed by atoms with E-state index in [0.717, 1.165) is 27.5 Å². The Balaban J connectivity index is 2.08. The molecule has 0 radical (unpaired) electrons. The lowest BCUT2D eigenvalue weighted by molar-refractivity contribution is 0.0957. The van der Waals surface area contributed by atoms with Crippen LogP contribution in [-0.4, -0.2) is 38.0 Å². The number of anilines is 1. The van der Waals surface area contributed by atoms with Gasteiger partial charge >= 0.3 is 0 Å². The number of nitrogens with two attached hydrogens (primary N) is 1. The summed E-state index contributed by atoms with van der Waals surface area (Å²) >= 11 is 4.86. The monoisotopic (exact) mass is 355 g/mol. The molecular weight excluding hydrogens is 338 g/mol. The predicted octanol–water partition coefficient (Wildman–Crippen LogP) is 2.93. The fourth-order valence-corrected chi connectivity index (χ4v) is 3.53. The predicted molar refractivity (Wildman–Crippen MR) is 89.4 cm³/mol. The first-order valence-corrected chi connectivity index (χ1v) is 8.00. The summed E-state index contributed by atoms with van der Waals surface area (Å²) in [5.41, 5.74) is 6.64. The lowest BCUT2D eigenvalue weighted by Gasteiger charge is -2.09. The second kappa shape index (κ2) is 6.56. The Morgan fingerprint density at radius 2 is 2.20 bits per heavy atom. The number of nitrogen functional groups attached to an aromatic ring is 1. The zero-order valence-corrected chi connectivity index (χ0v) is 14.0.